The lowest BCUT2D eigenvalue weighted by Gasteiger charge is -2.07. The van der Waals surface area contributed by atoms with Crippen molar-refractivity contribution in [1.29, 1.82) is 5.26 Å². The lowest BCUT2D eigenvalue weighted by molar-refractivity contribution is -0.672. The Kier molecular flexibility index (Phi) is 5.12. The number of aromatic amines is 1. The molecule has 4 heterocycles. The maximum Gasteiger partial charge on any atom is 0.439 e. The Hall–Kier alpha value is -4.47. The molecule has 168 valence electrons. The van der Waals surface area contributed by atoms with Gasteiger partial charge in [-0.2, -0.15) is 16.6 Å². The molecule has 0 bridgehead atoms. The van der Waals surface area contributed by atoms with Gasteiger partial charge in [0.05, 0.1) is 12.8 Å². The summed E-state index contributed by atoms with van der Waals surface area (Å²) >= 11 is 2.44. The number of aromatic nitrogens is 3. The summed E-state index contributed by atoms with van der Waals surface area (Å²) in [5.41, 5.74) is 13.3. The number of rotatable bonds is 5. The molecule has 0 radical (unpaired) electrons. The molecular weight excluding hydrogens is 476 g/mol. The highest BCUT2D eigenvalue weighted by Crippen LogP contribution is 2.43. The van der Waals surface area contributed by atoms with E-state index in [-0.39, 0.29) is 27.6 Å². The molecule has 0 aliphatic rings. The van der Waals surface area contributed by atoms with Crippen LogP contribution >= 0.6 is 22.7 Å². The Balaban J connectivity index is 1.72. The molecule has 5 N–H and O–H groups in total. The third-order valence-corrected chi connectivity index (χ3v) is 7.01. The van der Waals surface area contributed by atoms with Crippen LogP contribution in [0.3, 0.4) is 0 Å². The Morgan fingerprint density at radius 2 is 2.03 bits per heavy atom. The summed E-state index contributed by atoms with van der Waals surface area (Å²) in [7, 11) is 1.53. The maximum absolute atomic E-state index is 13.6. The van der Waals surface area contributed by atoms with Gasteiger partial charge in [-0.25, -0.2) is 9.78 Å². The van der Waals surface area contributed by atoms with E-state index in [1.807, 2.05) is 16.8 Å². The number of ketones is 1. The monoisotopic (exact) mass is 491 g/mol. The number of pyridine rings is 1. The first-order valence-corrected chi connectivity index (χ1v) is 11.5. The molecule has 0 aliphatic heterocycles. The average molecular weight is 492 g/mol. The number of nitriles is 1. The average Bonchev–Trinajstić information content (AvgIpc) is 3.57. The lowest BCUT2D eigenvalue weighted by Crippen LogP contribution is -2.41. The van der Waals surface area contributed by atoms with Crippen LogP contribution in [0.1, 0.15) is 20.9 Å². The standard InChI is InChI=1S/C22H14N6O4S2/c1-31-12-4-2-11(3-5-12)28-17(22(30)32-27-28)18(29)19-16(24)15-14(10-6-7-33-9-10)13(8-23)20(25)26-21(15)34-19/h2-7,9H,1H3,(H4-,24,25,26,27,29,30)/p+1. The zero-order chi connectivity index (χ0) is 24.0. The van der Waals surface area contributed by atoms with Crippen molar-refractivity contribution in [3.05, 3.63) is 67.6 Å². The number of nitrogens with two attached hydrogens (primary N) is 2. The molecule has 0 unspecified atom stereocenters. The number of carbonyl (C=O) groups is 1. The van der Waals surface area contributed by atoms with E-state index in [2.05, 4.69) is 16.3 Å². The van der Waals surface area contributed by atoms with Crippen molar-refractivity contribution < 1.29 is 18.7 Å². The van der Waals surface area contributed by atoms with E-state index >= 15 is 0 Å². The van der Waals surface area contributed by atoms with Gasteiger partial charge in [0.2, 0.25) is 5.69 Å². The zero-order valence-corrected chi connectivity index (χ0v) is 19.1. The minimum Gasteiger partial charge on any atom is -0.497 e. The van der Waals surface area contributed by atoms with E-state index in [0.717, 1.165) is 16.9 Å². The lowest BCUT2D eigenvalue weighted by atomic mass is 9.99. The Bertz CT molecular complexity index is 1660. The summed E-state index contributed by atoms with van der Waals surface area (Å²) in [6.45, 7) is 0. The second-order valence-electron chi connectivity index (χ2n) is 7.09. The predicted octanol–water partition coefficient (Wildman–Crippen LogP) is 2.86. The number of fused-ring (bicyclic) bond motifs is 1. The van der Waals surface area contributed by atoms with E-state index < -0.39 is 11.4 Å². The van der Waals surface area contributed by atoms with E-state index in [0.29, 0.717) is 27.2 Å². The summed E-state index contributed by atoms with van der Waals surface area (Å²) in [6.07, 6.45) is 0. The van der Waals surface area contributed by atoms with Crippen LogP contribution in [0.5, 0.6) is 5.75 Å². The van der Waals surface area contributed by atoms with Crippen LogP contribution in [0, 0.1) is 11.3 Å². The van der Waals surface area contributed by atoms with E-state index in [4.69, 9.17) is 20.7 Å². The van der Waals surface area contributed by atoms with Gasteiger partial charge in [0.25, 0.3) is 5.78 Å². The molecule has 0 saturated heterocycles. The largest absolute Gasteiger partial charge is 0.497 e. The van der Waals surface area contributed by atoms with Crippen LogP contribution < -0.4 is 26.5 Å². The summed E-state index contributed by atoms with van der Waals surface area (Å²) in [4.78, 5) is 30.8. The molecule has 12 heteroatoms. The molecule has 10 nitrogen and oxygen atoms in total. The molecule has 5 aromatic rings. The molecule has 5 rings (SSSR count). The number of nitrogens with one attached hydrogen (secondary N) is 1. The van der Waals surface area contributed by atoms with Gasteiger partial charge in [-0.3, -0.25) is 9.32 Å². The fourth-order valence-corrected chi connectivity index (χ4v) is 5.33. The van der Waals surface area contributed by atoms with Crippen LogP contribution in [0.15, 0.2) is 50.4 Å². The van der Waals surface area contributed by atoms with Gasteiger partial charge in [-0.05, 0) is 44.5 Å². The van der Waals surface area contributed by atoms with Crippen LogP contribution in [-0.4, -0.2) is 23.1 Å². The molecule has 0 aliphatic carbocycles. The van der Waals surface area contributed by atoms with Crippen molar-refractivity contribution >= 4 is 50.2 Å². The Morgan fingerprint density at radius 1 is 1.26 bits per heavy atom. The fraction of sp³-hybridized carbons (Fsp3) is 0.0455. The molecule has 34 heavy (non-hydrogen) atoms. The SMILES string of the molecule is COc1ccc(-[n+]2[nH]oc(=O)c2C(=O)c2sc3nc(N)c(C#N)c(-c4ccsc4)c3c2N)cc1. The summed E-state index contributed by atoms with van der Waals surface area (Å²) in [6, 6.07) is 10.6. The number of benzene rings is 1. The van der Waals surface area contributed by atoms with E-state index in [1.165, 1.54) is 23.1 Å². The third kappa shape index (κ3) is 3.22. The predicted molar refractivity (Wildman–Crippen MR) is 127 cm³/mol. The maximum atomic E-state index is 13.6. The van der Waals surface area contributed by atoms with Crippen molar-refractivity contribution in [2.45, 2.75) is 0 Å². The Labute approximate surface area is 199 Å². The van der Waals surface area contributed by atoms with Crippen molar-refractivity contribution in [1.82, 2.24) is 10.3 Å². The minimum absolute atomic E-state index is 0.0332. The van der Waals surface area contributed by atoms with Crippen molar-refractivity contribution in [3.8, 4) is 28.6 Å². The van der Waals surface area contributed by atoms with Crippen molar-refractivity contribution in [2.24, 2.45) is 0 Å². The number of thiophene rings is 2. The summed E-state index contributed by atoms with van der Waals surface area (Å²) < 4.78 is 11.3. The smallest absolute Gasteiger partial charge is 0.439 e. The fourth-order valence-electron chi connectivity index (χ4n) is 3.63. The molecule has 0 saturated carbocycles. The number of anilines is 2. The minimum atomic E-state index is -0.860. The van der Waals surface area contributed by atoms with Gasteiger partial charge in [-0.1, -0.05) is 0 Å². The van der Waals surface area contributed by atoms with E-state index in [1.54, 1.807) is 24.3 Å². The number of methoxy groups -OCH3 is 1. The van der Waals surface area contributed by atoms with Crippen LogP contribution in [0.2, 0.25) is 0 Å². The number of hydrogen-bond donors (Lipinski definition) is 3. The van der Waals surface area contributed by atoms with Gasteiger partial charge in [0.15, 0.2) is 0 Å². The normalized spacial score (nSPS) is 10.9. The van der Waals surface area contributed by atoms with Gasteiger partial charge in [0.1, 0.15) is 32.9 Å². The van der Waals surface area contributed by atoms with Crippen molar-refractivity contribution in [2.75, 3.05) is 18.6 Å². The molecule has 0 spiro atoms. The van der Waals surface area contributed by atoms with Crippen LogP contribution in [0.4, 0.5) is 11.5 Å². The van der Waals surface area contributed by atoms with Gasteiger partial charge < -0.3 is 16.2 Å². The Morgan fingerprint density at radius 3 is 2.68 bits per heavy atom. The van der Waals surface area contributed by atoms with Crippen molar-refractivity contribution in [3.63, 3.8) is 0 Å². The topological polar surface area (TPSA) is 165 Å². The number of H-pyrrole nitrogens is 1. The zero-order valence-electron chi connectivity index (χ0n) is 17.5. The molecule has 4 aromatic heterocycles. The number of hydrogen-bond acceptors (Lipinski definition) is 10. The first-order valence-electron chi connectivity index (χ1n) is 9.71. The number of nitrogens with zero attached hydrogens (tertiary/aromatic N) is 3. The van der Waals surface area contributed by atoms with Gasteiger partial charge in [0, 0.05) is 23.1 Å². The third-order valence-electron chi connectivity index (χ3n) is 5.22. The molecule has 1 aromatic carbocycles. The molecule has 0 fully saturated rings. The van der Waals surface area contributed by atoms with Gasteiger partial charge in [-0.15, -0.1) is 11.3 Å². The summed E-state index contributed by atoms with van der Waals surface area (Å²) in [5, 5.41) is 16.3. The highest BCUT2D eigenvalue weighted by molar-refractivity contribution is 7.21. The summed E-state index contributed by atoms with van der Waals surface area (Å²) in [5.74, 6) is -0.0136. The van der Waals surface area contributed by atoms with Gasteiger partial charge >= 0.3 is 11.3 Å². The molecular formula is C22H15N6O4S2+. The highest BCUT2D eigenvalue weighted by atomic mass is 32.1. The second-order valence-corrected chi connectivity index (χ2v) is 8.87. The second kappa shape index (κ2) is 8.14. The number of nitrogen functional groups attached to an aromatic ring is 2. The van der Waals surface area contributed by atoms with Crippen LogP contribution in [-0.2, 0) is 0 Å². The van der Waals surface area contributed by atoms with E-state index in [9.17, 15) is 14.9 Å². The first-order chi connectivity index (χ1) is 16.4. The highest BCUT2D eigenvalue weighted by Gasteiger charge is 2.35. The number of carbonyl (C=O) groups excluding carboxylic acids is 1. The molecule has 0 atom stereocenters. The molecule has 0 amide bonds. The quantitative estimate of drug-likeness (QED) is 0.249. The van der Waals surface area contributed by atoms with Crippen LogP contribution in [0.25, 0.3) is 27.0 Å². The number of ether oxygens (including phenoxy) is 1. The first kappa shape index (κ1) is 21.4.